The summed E-state index contributed by atoms with van der Waals surface area (Å²) in [6.07, 6.45) is 3.13. The Kier molecular flexibility index (Phi) is 4.93. The minimum absolute atomic E-state index is 0.0296. The number of hydrogen-bond acceptors (Lipinski definition) is 3. The molecule has 2 heterocycles. The van der Waals surface area contributed by atoms with Gasteiger partial charge in [0.05, 0.1) is 12.2 Å². The summed E-state index contributed by atoms with van der Waals surface area (Å²) < 4.78 is 1.75. The fourth-order valence-corrected chi connectivity index (χ4v) is 3.00. The second-order valence-electron chi connectivity index (χ2n) is 6.10. The predicted molar refractivity (Wildman–Crippen MR) is 90.1 cm³/mol. The number of piperidine rings is 1. The first-order chi connectivity index (χ1) is 11.6. The molecule has 0 spiro atoms. The standard InChI is InChI=1S/C18H22N4O2/c1-21-16(7-10-20-21)13-19-17(23)14-8-11-22(12-9-14)18(24)15-5-3-2-4-6-15/h2-7,10,14H,8-9,11-13H2,1H3,(H,19,23). The van der Waals surface area contributed by atoms with E-state index in [1.165, 1.54) is 0 Å². The largest absolute Gasteiger partial charge is 0.350 e. The van der Waals surface area contributed by atoms with Crippen LogP contribution in [0.4, 0.5) is 0 Å². The third-order valence-electron chi connectivity index (χ3n) is 4.54. The third-order valence-corrected chi connectivity index (χ3v) is 4.54. The number of nitrogens with zero attached hydrogens (tertiary/aromatic N) is 3. The van der Waals surface area contributed by atoms with Crippen LogP contribution in [-0.4, -0.2) is 39.6 Å². The Labute approximate surface area is 141 Å². The van der Waals surface area contributed by atoms with Gasteiger partial charge in [0.2, 0.25) is 5.91 Å². The molecule has 1 aliphatic rings. The molecule has 126 valence electrons. The molecule has 3 rings (SSSR count). The van der Waals surface area contributed by atoms with Crippen molar-refractivity contribution >= 4 is 11.8 Å². The average Bonchev–Trinajstić information content (AvgIpc) is 3.05. The molecule has 6 nitrogen and oxygen atoms in total. The predicted octanol–water partition coefficient (Wildman–Crippen LogP) is 1.59. The third kappa shape index (κ3) is 3.64. The van der Waals surface area contributed by atoms with E-state index in [2.05, 4.69) is 10.4 Å². The molecule has 0 radical (unpaired) electrons. The molecule has 0 unspecified atom stereocenters. The summed E-state index contributed by atoms with van der Waals surface area (Å²) in [7, 11) is 1.86. The van der Waals surface area contributed by atoms with Crippen molar-refractivity contribution in [1.82, 2.24) is 20.0 Å². The molecule has 2 amide bonds. The fraction of sp³-hybridized carbons (Fsp3) is 0.389. The number of aryl methyl sites for hydroxylation is 1. The number of benzene rings is 1. The molecule has 0 aliphatic carbocycles. The van der Waals surface area contributed by atoms with Gasteiger partial charge in [-0.25, -0.2) is 0 Å². The number of aromatic nitrogens is 2. The van der Waals surface area contributed by atoms with Crippen LogP contribution in [0.15, 0.2) is 42.6 Å². The van der Waals surface area contributed by atoms with Crippen molar-refractivity contribution in [3.63, 3.8) is 0 Å². The average molecular weight is 326 g/mol. The number of amides is 2. The molecule has 0 atom stereocenters. The minimum Gasteiger partial charge on any atom is -0.350 e. The maximum Gasteiger partial charge on any atom is 0.253 e. The van der Waals surface area contributed by atoms with E-state index >= 15 is 0 Å². The van der Waals surface area contributed by atoms with E-state index in [0.29, 0.717) is 38.0 Å². The Morgan fingerprint density at radius 3 is 2.50 bits per heavy atom. The van der Waals surface area contributed by atoms with Gasteiger partial charge in [0.15, 0.2) is 0 Å². The van der Waals surface area contributed by atoms with Gasteiger partial charge < -0.3 is 10.2 Å². The first kappa shape index (κ1) is 16.2. The number of rotatable bonds is 4. The summed E-state index contributed by atoms with van der Waals surface area (Å²) >= 11 is 0. The van der Waals surface area contributed by atoms with Crippen molar-refractivity contribution in [3.8, 4) is 0 Å². The lowest BCUT2D eigenvalue weighted by Gasteiger charge is -2.31. The Morgan fingerprint density at radius 1 is 1.17 bits per heavy atom. The molecular formula is C18H22N4O2. The van der Waals surface area contributed by atoms with Crippen molar-refractivity contribution in [3.05, 3.63) is 53.9 Å². The van der Waals surface area contributed by atoms with Gasteiger partial charge >= 0.3 is 0 Å². The molecule has 0 bridgehead atoms. The molecule has 1 aromatic carbocycles. The molecule has 1 aromatic heterocycles. The molecule has 24 heavy (non-hydrogen) atoms. The summed E-state index contributed by atoms with van der Waals surface area (Å²) in [5, 5.41) is 7.05. The van der Waals surface area contributed by atoms with Crippen LogP contribution in [0.25, 0.3) is 0 Å². The number of carbonyl (C=O) groups is 2. The van der Waals surface area contributed by atoms with E-state index in [0.717, 1.165) is 5.69 Å². The highest BCUT2D eigenvalue weighted by Crippen LogP contribution is 2.19. The van der Waals surface area contributed by atoms with Crippen LogP contribution in [0.5, 0.6) is 0 Å². The molecule has 1 saturated heterocycles. The van der Waals surface area contributed by atoms with E-state index in [9.17, 15) is 9.59 Å². The van der Waals surface area contributed by atoms with Crippen LogP contribution in [0.1, 0.15) is 28.9 Å². The van der Waals surface area contributed by atoms with Gasteiger partial charge in [-0.3, -0.25) is 14.3 Å². The smallest absolute Gasteiger partial charge is 0.253 e. The van der Waals surface area contributed by atoms with Gasteiger partial charge in [-0.15, -0.1) is 0 Å². The van der Waals surface area contributed by atoms with E-state index in [-0.39, 0.29) is 17.7 Å². The van der Waals surface area contributed by atoms with Gasteiger partial charge in [0, 0.05) is 37.8 Å². The summed E-state index contributed by atoms with van der Waals surface area (Å²) in [4.78, 5) is 26.6. The maximum absolute atomic E-state index is 12.4. The van der Waals surface area contributed by atoms with E-state index < -0.39 is 0 Å². The highest BCUT2D eigenvalue weighted by atomic mass is 16.2. The number of nitrogens with one attached hydrogen (secondary N) is 1. The summed E-state index contributed by atoms with van der Waals surface area (Å²) in [5.74, 6) is 0.0744. The highest BCUT2D eigenvalue weighted by molar-refractivity contribution is 5.94. The van der Waals surface area contributed by atoms with Crippen molar-refractivity contribution < 1.29 is 9.59 Å². The van der Waals surface area contributed by atoms with E-state index in [4.69, 9.17) is 0 Å². The van der Waals surface area contributed by atoms with Crippen LogP contribution < -0.4 is 5.32 Å². The Balaban J connectivity index is 1.49. The van der Waals surface area contributed by atoms with Crippen molar-refractivity contribution in [2.75, 3.05) is 13.1 Å². The topological polar surface area (TPSA) is 67.2 Å². The molecule has 1 fully saturated rings. The van der Waals surface area contributed by atoms with Crippen LogP contribution in [0, 0.1) is 5.92 Å². The maximum atomic E-state index is 12.4. The van der Waals surface area contributed by atoms with Crippen molar-refractivity contribution in [2.24, 2.45) is 13.0 Å². The van der Waals surface area contributed by atoms with Crippen molar-refractivity contribution in [2.45, 2.75) is 19.4 Å². The molecule has 2 aromatic rings. The molecule has 6 heteroatoms. The second-order valence-corrected chi connectivity index (χ2v) is 6.10. The zero-order chi connectivity index (χ0) is 16.9. The van der Waals surface area contributed by atoms with Crippen LogP contribution in [0.3, 0.4) is 0 Å². The fourth-order valence-electron chi connectivity index (χ4n) is 3.00. The zero-order valence-corrected chi connectivity index (χ0v) is 13.8. The van der Waals surface area contributed by atoms with Gasteiger partial charge in [-0.1, -0.05) is 18.2 Å². The van der Waals surface area contributed by atoms with Crippen LogP contribution in [-0.2, 0) is 18.4 Å². The van der Waals surface area contributed by atoms with Gasteiger partial charge in [-0.05, 0) is 31.0 Å². The number of hydrogen-bond donors (Lipinski definition) is 1. The Morgan fingerprint density at radius 2 is 1.88 bits per heavy atom. The number of likely N-dealkylation sites (tertiary alicyclic amines) is 1. The number of carbonyl (C=O) groups excluding carboxylic acids is 2. The molecule has 1 N–H and O–H groups in total. The minimum atomic E-state index is -0.0296. The van der Waals surface area contributed by atoms with Gasteiger partial charge in [0.1, 0.15) is 0 Å². The van der Waals surface area contributed by atoms with Gasteiger partial charge in [-0.2, -0.15) is 5.10 Å². The first-order valence-electron chi connectivity index (χ1n) is 8.24. The summed E-state index contributed by atoms with van der Waals surface area (Å²) in [6, 6.07) is 11.2. The lowest BCUT2D eigenvalue weighted by atomic mass is 9.95. The van der Waals surface area contributed by atoms with Crippen molar-refractivity contribution in [1.29, 1.82) is 0 Å². The van der Waals surface area contributed by atoms with E-state index in [1.54, 1.807) is 10.9 Å². The zero-order valence-electron chi connectivity index (χ0n) is 13.8. The summed E-state index contributed by atoms with van der Waals surface area (Å²) in [5.41, 5.74) is 1.68. The molecule has 0 saturated carbocycles. The quantitative estimate of drug-likeness (QED) is 0.928. The normalized spacial score (nSPS) is 15.3. The molecular weight excluding hydrogens is 304 g/mol. The highest BCUT2D eigenvalue weighted by Gasteiger charge is 2.27. The summed E-state index contributed by atoms with van der Waals surface area (Å²) in [6.45, 7) is 1.73. The lowest BCUT2D eigenvalue weighted by Crippen LogP contribution is -2.43. The van der Waals surface area contributed by atoms with E-state index in [1.807, 2.05) is 48.3 Å². The monoisotopic (exact) mass is 326 g/mol. The van der Waals surface area contributed by atoms with Crippen LogP contribution in [0.2, 0.25) is 0 Å². The van der Waals surface area contributed by atoms with Gasteiger partial charge in [0.25, 0.3) is 5.91 Å². The molecule has 1 aliphatic heterocycles. The SMILES string of the molecule is Cn1nccc1CNC(=O)C1CCN(C(=O)c2ccccc2)CC1. The second kappa shape index (κ2) is 7.29. The lowest BCUT2D eigenvalue weighted by molar-refractivity contribution is -0.126. The Bertz CT molecular complexity index is 703. The first-order valence-corrected chi connectivity index (χ1v) is 8.24. The Hall–Kier alpha value is -2.63. The van der Waals surface area contributed by atoms with Crippen LogP contribution >= 0.6 is 0 Å².